The van der Waals surface area contributed by atoms with Gasteiger partial charge in [-0.1, -0.05) is 35.5 Å². The molecular weight excluding hydrogens is 310 g/mol. The fourth-order valence-electron chi connectivity index (χ4n) is 1.90. The third kappa shape index (κ3) is 4.64. The summed E-state index contributed by atoms with van der Waals surface area (Å²) in [6.45, 7) is 3.49. The molecule has 0 aliphatic carbocycles. The molecule has 0 aromatic heterocycles. The van der Waals surface area contributed by atoms with Crippen LogP contribution in [0.15, 0.2) is 53.7 Å². The molecule has 24 heavy (non-hydrogen) atoms. The van der Waals surface area contributed by atoms with E-state index in [4.69, 9.17) is 4.84 Å². The smallest absolute Gasteiger partial charge is 0.271 e. The zero-order valence-electron chi connectivity index (χ0n) is 13.3. The highest BCUT2D eigenvalue weighted by Gasteiger charge is 2.15. The van der Waals surface area contributed by atoms with Gasteiger partial charge in [-0.2, -0.15) is 0 Å². The van der Waals surface area contributed by atoms with Gasteiger partial charge in [-0.05, 0) is 31.0 Å². The lowest BCUT2D eigenvalue weighted by atomic mass is 10.1. The quantitative estimate of drug-likeness (QED) is 0.500. The van der Waals surface area contributed by atoms with Crippen LogP contribution in [0.2, 0.25) is 0 Å². The van der Waals surface area contributed by atoms with Gasteiger partial charge in [0.05, 0.1) is 11.1 Å². The zero-order valence-corrected chi connectivity index (χ0v) is 13.3. The molecule has 7 heteroatoms. The molecule has 0 radical (unpaired) electrons. The first kappa shape index (κ1) is 17.1. The van der Waals surface area contributed by atoms with Crippen LogP contribution < -0.4 is 5.32 Å². The van der Waals surface area contributed by atoms with Crippen LogP contribution in [0, 0.1) is 17.0 Å². The van der Waals surface area contributed by atoms with Crippen molar-refractivity contribution in [1.82, 2.24) is 0 Å². The summed E-state index contributed by atoms with van der Waals surface area (Å²) in [5.74, 6) is -0.447. The van der Waals surface area contributed by atoms with E-state index in [2.05, 4.69) is 10.5 Å². The van der Waals surface area contributed by atoms with Crippen LogP contribution in [-0.2, 0) is 9.63 Å². The summed E-state index contributed by atoms with van der Waals surface area (Å²) in [5, 5.41) is 17.1. The Balaban J connectivity index is 1.94. The van der Waals surface area contributed by atoms with Crippen LogP contribution in [-0.4, -0.2) is 23.1 Å². The summed E-state index contributed by atoms with van der Waals surface area (Å²) in [7, 11) is 0. The second kappa shape index (κ2) is 7.87. The molecule has 0 heterocycles. The summed E-state index contributed by atoms with van der Waals surface area (Å²) >= 11 is 0. The van der Waals surface area contributed by atoms with Gasteiger partial charge in [0.1, 0.15) is 0 Å². The van der Waals surface area contributed by atoms with E-state index in [1.807, 2.05) is 31.2 Å². The summed E-state index contributed by atoms with van der Waals surface area (Å²) in [6.07, 6.45) is 0.691. The zero-order chi connectivity index (χ0) is 17.5. The molecular formula is C17H17N3O4. The molecule has 1 unspecified atom stereocenters. The minimum absolute atomic E-state index is 0.0982. The van der Waals surface area contributed by atoms with Gasteiger partial charge in [-0.25, -0.2) is 0 Å². The number of nitrogens with one attached hydrogen (secondary N) is 1. The molecule has 0 saturated heterocycles. The molecule has 0 saturated carbocycles. The van der Waals surface area contributed by atoms with E-state index in [0.29, 0.717) is 5.69 Å². The monoisotopic (exact) mass is 327 g/mol. The Morgan fingerprint density at radius 2 is 2.04 bits per heavy atom. The number of amides is 1. The number of carbonyl (C=O) groups is 1. The first-order valence-corrected chi connectivity index (χ1v) is 7.27. The van der Waals surface area contributed by atoms with E-state index in [1.54, 1.807) is 13.0 Å². The predicted octanol–water partition coefficient (Wildman–Crippen LogP) is 3.28. The van der Waals surface area contributed by atoms with Gasteiger partial charge in [0.15, 0.2) is 0 Å². The summed E-state index contributed by atoms with van der Waals surface area (Å²) in [5.41, 5.74) is 2.16. The maximum absolute atomic E-state index is 12.0. The van der Waals surface area contributed by atoms with E-state index in [-0.39, 0.29) is 5.69 Å². The molecule has 0 fully saturated rings. The molecule has 1 atom stereocenters. The minimum atomic E-state index is -0.843. The van der Waals surface area contributed by atoms with Gasteiger partial charge in [0.2, 0.25) is 6.10 Å². The Kier molecular flexibility index (Phi) is 5.62. The van der Waals surface area contributed by atoms with Gasteiger partial charge in [0, 0.05) is 17.8 Å². The highest BCUT2D eigenvalue weighted by molar-refractivity contribution is 5.94. The largest absolute Gasteiger partial charge is 0.383 e. The van der Waals surface area contributed by atoms with Crippen molar-refractivity contribution in [3.8, 4) is 0 Å². The third-order valence-corrected chi connectivity index (χ3v) is 3.29. The summed E-state index contributed by atoms with van der Waals surface area (Å²) in [6, 6.07) is 13.3. The molecule has 0 bridgehead atoms. The molecule has 2 aromatic carbocycles. The van der Waals surface area contributed by atoms with Crippen LogP contribution in [0.4, 0.5) is 11.4 Å². The van der Waals surface area contributed by atoms with Crippen molar-refractivity contribution < 1.29 is 14.6 Å². The standard InChI is InChI=1S/C17H17N3O4/c1-12-6-3-4-7-14(12)11-18-24-13(2)17(21)19-15-8-5-9-16(10-15)20(22)23/h3-11,13H,1-2H3,(H,19,21)/b18-11+. The van der Waals surface area contributed by atoms with Gasteiger partial charge in [-0.15, -0.1) is 0 Å². The van der Waals surface area contributed by atoms with Crippen molar-refractivity contribution >= 4 is 23.5 Å². The van der Waals surface area contributed by atoms with E-state index in [0.717, 1.165) is 11.1 Å². The Labute approximate surface area is 139 Å². The highest BCUT2D eigenvalue weighted by Crippen LogP contribution is 2.17. The van der Waals surface area contributed by atoms with Gasteiger partial charge >= 0.3 is 0 Å². The fourth-order valence-corrected chi connectivity index (χ4v) is 1.90. The molecule has 1 N–H and O–H groups in total. The number of hydrogen-bond acceptors (Lipinski definition) is 5. The van der Waals surface area contributed by atoms with Crippen molar-refractivity contribution in [1.29, 1.82) is 0 Å². The van der Waals surface area contributed by atoms with Crippen molar-refractivity contribution in [2.45, 2.75) is 20.0 Å². The Morgan fingerprint density at radius 1 is 1.29 bits per heavy atom. The number of oxime groups is 1. The maximum atomic E-state index is 12.0. The Hall–Kier alpha value is -3.22. The lowest BCUT2D eigenvalue weighted by molar-refractivity contribution is -0.384. The van der Waals surface area contributed by atoms with Crippen molar-refractivity contribution in [2.24, 2.45) is 5.16 Å². The second-order valence-electron chi connectivity index (χ2n) is 5.14. The number of nitro benzene ring substituents is 1. The number of hydrogen-bond donors (Lipinski definition) is 1. The number of aryl methyl sites for hydroxylation is 1. The number of anilines is 1. The SMILES string of the molecule is Cc1ccccc1/C=N/OC(C)C(=O)Nc1cccc([N+](=O)[O-])c1. The maximum Gasteiger partial charge on any atom is 0.271 e. The highest BCUT2D eigenvalue weighted by atomic mass is 16.6. The van der Waals surface area contributed by atoms with Crippen LogP contribution in [0.3, 0.4) is 0 Å². The van der Waals surface area contributed by atoms with E-state index in [1.165, 1.54) is 24.4 Å². The fraction of sp³-hybridized carbons (Fsp3) is 0.176. The lowest BCUT2D eigenvalue weighted by Gasteiger charge is -2.10. The molecule has 0 spiro atoms. The minimum Gasteiger partial charge on any atom is -0.383 e. The van der Waals surface area contributed by atoms with E-state index in [9.17, 15) is 14.9 Å². The van der Waals surface area contributed by atoms with Crippen LogP contribution in [0.5, 0.6) is 0 Å². The number of non-ortho nitro benzene ring substituents is 1. The van der Waals surface area contributed by atoms with Crippen LogP contribution in [0.1, 0.15) is 18.1 Å². The van der Waals surface area contributed by atoms with Crippen LogP contribution in [0.25, 0.3) is 0 Å². The molecule has 1 amide bonds. The molecule has 0 aliphatic rings. The number of nitrogens with zero attached hydrogens (tertiary/aromatic N) is 2. The van der Waals surface area contributed by atoms with E-state index >= 15 is 0 Å². The van der Waals surface area contributed by atoms with Gasteiger partial charge < -0.3 is 10.2 Å². The second-order valence-corrected chi connectivity index (χ2v) is 5.14. The molecule has 124 valence electrons. The number of nitro groups is 1. The molecule has 2 rings (SSSR count). The van der Waals surface area contributed by atoms with Crippen LogP contribution >= 0.6 is 0 Å². The summed E-state index contributed by atoms with van der Waals surface area (Å²) in [4.78, 5) is 27.4. The average Bonchev–Trinajstić information content (AvgIpc) is 2.56. The normalized spacial score (nSPS) is 11.9. The number of carbonyl (C=O) groups excluding carboxylic acids is 1. The number of rotatable bonds is 6. The topological polar surface area (TPSA) is 93.8 Å². The van der Waals surface area contributed by atoms with Crippen molar-refractivity contribution in [3.63, 3.8) is 0 Å². The molecule has 7 nitrogen and oxygen atoms in total. The Morgan fingerprint density at radius 3 is 2.75 bits per heavy atom. The van der Waals surface area contributed by atoms with E-state index < -0.39 is 16.9 Å². The summed E-state index contributed by atoms with van der Waals surface area (Å²) < 4.78 is 0. The van der Waals surface area contributed by atoms with Gasteiger partial charge in [-0.3, -0.25) is 14.9 Å². The predicted molar refractivity (Wildman–Crippen MR) is 91.0 cm³/mol. The lowest BCUT2D eigenvalue weighted by Crippen LogP contribution is -2.26. The van der Waals surface area contributed by atoms with Gasteiger partial charge in [0.25, 0.3) is 11.6 Å². The van der Waals surface area contributed by atoms with Crippen molar-refractivity contribution in [2.75, 3.05) is 5.32 Å². The average molecular weight is 327 g/mol. The van der Waals surface area contributed by atoms with Crippen molar-refractivity contribution in [3.05, 3.63) is 69.8 Å². The Bertz CT molecular complexity index is 774. The first-order chi connectivity index (χ1) is 11.5. The first-order valence-electron chi connectivity index (χ1n) is 7.27. The third-order valence-electron chi connectivity index (χ3n) is 3.29. The molecule has 0 aliphatic heterocycles. The molecule has 2 aromatic rings. The number of benzene rings is 2.